The van der Waals surface area contributed by atoms with Gasteiger partial charge in [0.15, 0.2) is 0 Å². The van der Waals surface area contributed by atoms with Crippen LogP contribution in [-0.2, 0) is 6.54 Å². The standard InChI is InChI=1S/C15H24FNS/c1-15(2,3)13(11-18)10-17(4)9-12-7-5-6-8-14(12)16/h5-8,13,18H,9-11H2,1-4H3. The van der Waals surface area contributed by atoms with E-state index in [-0.39, 0.29) is 11.2 Å². The molecule has 1 unspecified atom stereocenters. The van der Waals surface area contributed by atoms with Gasteiger partial charge in [-0.3, -0.25) is 0 Å². The van der Waals surface area contributed by atoms with Crippen molar-refractivity contribution in [1.82, 2.24) is 4.90 Å². The van der Waals surface area contributed by atoms with Crippen molar-refractivity contribution in [3.05, 3.63) is 35.6 Å². The van der Waals surface area contributed by atoms with E-state index in [9.17, 15) is 4.39 Å². The van der Waals surface area contributed by atoms with Crippen molar-refractivity contribution in [1.29, 1.82) is 0 Å². The molecule has 3 heteroatoms. The Morgan fingerprint density at radius 1 is 1.28 bits per heavy atom. The molecule has 0 fully saturated rings. The summed E-state index contributed by atoms with van der Waals surface area (Å²) < 4.78 is 13.6. The van der Waals surface area contributed by atoms with E-state index < -0.39 is 0 Å². The van der Waals surface area contributed by atoms with Gasteiger partial charge < -0.3 is 4.90 Å². The van der Waals surface area contributed by atoms with Gasteiger partial charge in [-0.25, -0.2) is 4.39 Å². The summed E-state index contributed by atoms with van der Waals surface area (Å²) in [6, 6.07) is 6.97. The molecule has 0 saturated carbocycles. The van der Waals surface area contributed by atoms with Crippen molar-refractivity contribution in [2.24, 2.45) is 11.3 Å². The van der Waals surface area contributed by atoms with Gasteiger partial charge in [-0.1, -0.05) is 39.0 Å². The Labute approximate surface area is 116 Å². The first-order chi connectivity index (χ1) is 8.34. The summed E-state index contributed by atoms with van der Waals surface area (Å²) >= 11 is 4.43. The maximum Gasteiger partial charge on any atom is 0.127 e. The van der Waals surface area contributed by atoms with Gasteiger partial charge in [-0.15, -0.1) is 0 Å². The molecule has 0 N–H and O–H groups in total. The van der Waals surface area contributed by atoms with Crippen LogP contribution in [0.25, 0.3) is 0 Å². The third-order valence-electron chi connectivity index (χ3n) is 3.38. The lowest BCUT2D eigenvalue weighted by Gasteiger charge is -2.33. The highest BCUT2D eigenvalue weighted by atomic mass is 32.1. The number of thiol groups is 1. The van der Waals surface area contributed by atoms with Crippen molar-refractivity contribution in [2.45, 2.75) is 27.3 Å². The number of hydrogen-bond acceptors (Lipinski definition) is 2. The summed E-state index contributed by atoms with van der Waals surface area (Å²) in [5.41, 5.74) is 0.984. The van der Waals surface area contributed by atoms with E-state index in [0.717, 1.165) is 17.9 Å². The third kappa shape index (κ3) is 4.62. The second-order valence-corrected chi connectivity index (χ2v) is 6.40. The molecule has 0 aliphatic heterocycles. The molecule has 0 aliphatic carbocycles. The Morgan fingerprint density at radius 3 is 2.39 bits per heavy atom. The van der Waals surface area contributed by atoms with Crippen molar-refractivity contribution in [3.8, 4) is 0 Å². The predicted molar refractivity (Wildman–Crippen MR) is 79.5 cm³/mol. The number of rotatable bonds is 5. The van der Waals surface area contributed by atoms with Crippen LogP contribution in [0, 0.1) is 17.2 Å². The molecule has 0 aromatic heterocycles. The number of benzene rings is 1. The minimum absolute atomic E-state index is 0.123. The number of halogens is 1. The summed E-state index contributed by atoms with van der Waals surface area (Å²) in [7, 11) is 2.04. The Kier molecular flexibility index (Phi) is 5.67. The SMILES string of the molecule is CN(Cc1ccccc1F)CC(CS)C(C)(C)C. The zero-order valence-electron chi connectivity index (χ0n) is 11.8. The second kappa shape index (κ2) is 6.58. The van der Waals surface area contributed by atoms with E-state index in [1.54, 1.807) is 6.07 Å². The molecule has 1 atom stereocenters. The lowest BCUT2D eigenvalue weighted by molar-refractivity contribution is 0.182. The largest absolute Gasteiger partial charge is 0.302 e. The van der Waals surface area contributed by atoms with Crippen LogP contribution in [0.1, 0.15) is 26.3 Å². The van der Waals surface area contributed by atoms with Crippen LogP contribution < -0.4 is 0 Å². The monoisotopic (exact) mass is 269 g/mol. The molecule has 0 saturated heterocycles. The summed E-state index contributed by atoms with van der Waals surface area (Å²) in [5.74, 6) is 1.23. The topological polar surface area (TPSA) is 3.24 Å². The van der Waals surface area contributed by atoms with Gasteiger partial charge in [0, 0.05) is 18.7 Å². The van der Waals surface area contributed by atoms with E-state index in [1.807, 2.05) is 19.2 Å². The molecule has 1 aromatic rings. The fourth-order valence-corrected chi connectivity index (χ4v) is 2.63. The third-order valence-corrected chi connectivity index (χ3v) is 3.82. The molecule has 0 spiro atoms. The van der Waals surface area contributed by atoms with Crippen molar-refractivity contribution in [2.75, 3.05) is 19.3 Å². The van der Waals surface area contributed by atoms with E-state index in [4.69, 9.17) is 0 Å². The lowest BCUT2D eigenvalue weighted by Crippen LogP contribution is -2.34. The predicted octanol–water partition coefficient (Wildman–Crippen LogP) is 3.85. The number of hydrogen-bond donors (Lipinski definition) is 1. The molecule has 0 heterocycles. The quantitative estimate of drug-likeness (QED) is 0.795. The fraction of sp³-hybridized carbons (Fsp3) is 0.600. The van der Waals surface area contributed by atoms with Gasteiger partial charge in [0.2, 0.25) is 0 Å². The van der Waals surface area contributed by atoms with Gasteiger partial charge in [0.05, 0.1) is 0 Å². The molecule has 0 amide bonds. The molecule has 1 nitrogen and oxygen atoms in total. The van der Waals surface area contributed by atoms with Gasteiger partial charge >= 0.3 is 0 Å². The zero-order valence-corrected chi connectivity index (χ0v) is 12.7. The van der Waals surface area contributed by atoms with E-state index in [1.165, 1.54) is 6.07 Å². The van der Waals surface area contributed by atoms with Crippen LogP contribution in [0.2, 0.25) is 0 Å². The van der Waals surface area contributed by atoms with Gasteiger partial charge in [0.1, 0.15) is 5.82 Å². The van der Waals surface area contributed by atoms with Crippen molar-refractivity contribution >= 4 is 12.6 Å². The Balaban J connectivity index is 2.61. The highest BCUT2D eigenvalue weighted by molar-refractivity contribution is 7.80. The molecule has 0 aliphatic rings. The number of nitrogens with zero attached hydrogens (tertiary/aromatic N) is 1. The first kappa shape index (κ1) is 15.5. The van der Waals surface area contributed by atoms with Gasteiger partial charge in [0.25, 0.3) is 0 Å². The van der Waals surface area contributed by atoms with Gasteiger partial charge in [-0.2, -0.15) is 12.6 Å². The Bertz CT molecular complexity index is 373. The smallest absolute Gasteiger partial charge is 0.127 e. The van der Waals surface area contributed by atoms with Gasteiger partial charge in [-0.05, 0) is 30.2 Å². The average molecular weight is 269 g/mol. The Morgan fingerprint density at radius 2 is 1.89 bits per heavy atom. The molecule has 1 rings (SSSR count). The first-order valence-corrected chi connectivity index (χ1v) is 7.00. The van der Waals surface area contributed by atoms with Crippen LogP contribution in [0.15, 0.2) is 24.3 Å². The highest BCUT2D eigenvalue weighted by Crippen LogP contribution is 2.27. The summed E-state index contributed by atoms with van der Waals surface area (Å²) in [6.07, 6.45) is 0. The van der Waals surface area contributed by atoms with E-state index >= 15 is 0 Å². The minimum Gasteiger partial charge on any atom is -0.302 e. The van der Waals surface area contributed by atoms with Crippen LogP contribution in [0.5, 0.6) is 0 Å². The van der Waals surface area contributed by atoms with E-state index in [2.05, 4.69) is 38.3 Å². The molecule has 18 heavy (non-hydrogen) atoms. The molecular weight excluding hydrogens is 245 g/mol. The molecule has 0 bridgehead atoms. The van der Waals surface area contributed by atoms with Crippen LogP contribution in [0.4, 0.5) is 4.39 Å². The second-order valence-electron chi connectivity index (χ2n) is 6.03. The average Bonchev–Trinajstić information content (AvgIpc) is 2.27. The van der Waals surface area contributed by atoms with Crippen molar-refractivity contribution in [3.63, 3.8) is 0 Å². The van der Waals surface area contributed by atoms with Crippen LogP contribution in [-0.4, -0.2) is 24.2 Å². The van der Waals surface area contributed by atoms with E-state index in [0.29, 0.717) is 12.5 Å². The molecule has 1 aromatic carbocycles. The molecule has 102 valence electrons. The van der Waals surface area contributed by atoms with Crippen LogP contribution in [0.3, 0.4) is 0 Å². The first-order valence-electron chi connectivity index (χ1n) is 6.37. The summed E-state index contributed by atoms with van der Waals surface area (Å²) in [4.78, 5) is 2.17. The van der Waals surface area contributed by atoms with Crippen molar-refractivity contribution < 1.29 is 4.39 Å². The minimum atomic E-state index is -0.123. The summed E-state index contributed by atoms with van der Waals surface area (Å²) in [6.45, 7) is 8.26. The normalized spacial score (nSPS) is 13.9. The maximum absolute atomic E-state index is 13.6. The molecular formula is C15H24FNS. The Hall–Kier alpha value is -0.540. The summed E-state index contributed by atoms with van der Waals surface area (Å²) in [5, 5.41) is 0. The lowest BCUT2D eigenvalue weighted by atomic mass is 9.81. The zero-order chi connectivity index (χ0) is 13.8. The highest BCUT2D eigenvalue weighted by Gasteiger charge is 2.24. The van der Waals surface area contributed by atoms with Crippen LogP contribution >= 0.6 is 12.6 Å². The fourth-order valence-electron chi connectivity index (χ4n) is 1.96. The maximum atomic E-state index is 13.6. The molecule has 0 radical (unpaired) electrons.